The van der Waals surface area contributed by atoms with Crippen molar-refractivity contribution in [2.75, 3.05) is 0 Å². The molecule has 96 valence electrons. The second kappa shape index (κ2) is 5.02. The van der Waals surface area contributed by atoms with E-state index in [2.05, 4.69) is 0 Å². The molecule has 0 aliphatic heterocycles. The third-order valence-electron chi connectivity index (χ3n) is 2.87. The maximum atomic E-state index is 12.9. The maximum Gasteiger partial charge on any atom is 0.289 e. The Morgan fingerprint density at radius 3 is 2.21 bits per heavy atom. The largest absolute Gasteiger partial charge is 0.363 e. The smallest absolute Gasteiger partial charge is 0.289 e. The van der Waals surface area contributed by atoms with Crippen molar-refractivity contribution in [1.82, 2.24) is 0 Å². The van der Waals surface area contributed by atoms with Crippen molar-refractivity contribution in [2.45, 2.75) is 6.92 Å². The van der Waals surface area contributed by atoms with Crippen molar-refractivity contribution < 1.29 is 14.0 Å². The summed E-state index contributed by atoms with van der Waals surface area (Å²) in [6.07, 6.45) is 0. The fourth-order valence-corrected chi connectivity index (χ4v) is 1.90. The Hall–Kier alpha value is -2.49. The van der Waals surface area contributed by atoms with E-state index in [1.165, 1.54) is 12.1 Å². The maximum absolute atomic E-state index is 12.9. The van der Waals surface area contributed by atoms with Gasteiger partial charge in [-0.3, -0.25) is 9.59 Å². The van der Waals surface area contributed by atoms with E-state index in [-0.39, 0.29) is 11.4 Å². The highest BCUT2D eigenvalue weighted by atomic mass is 19.1. The summed E-state index contributed by atoms with van der Waals surface area (Å²) in [5.41, 5.74) is 7.75. The van der Waals surface area contributed by atoms with Gasteiger partial charge in [0, 0.05) is 5.56 Å². The lowest BCUT2D eigenvalue weighted by Gasteiger charge is -2.07. The molecule has 3 nitrogen and oxygen atoms in total. The first-order valence-corrected chi connectivity index (χ1v) is 5.70. The molecule has 0 aromatic heterocycles. The normalized spacial score (nSPS) is 10.2. The first kappa shape index (κ1) is 13.0. The van der Waals surface area contributed by atoms with Gasteiger partial charge in [0.25, 0.3) is 5.91 Å². The molecule has 0 unspecified atom stereocenters. The van der Waals surface area contributed by atoms with Gasteiger partial charge in [-0.2, -0.15) is 0 Å². The van der Waals surface area contributed by atoms with E-state index >= 15 is 0 Å². The second-order valence-electron chi connectivity index (χ2n) is 4.23. The average molecular weight is 257 g/mol. The predicted molar refractivity (Wildman–Crippen MR) is 70.1 cm³/mol. The highest BCUT2D eigenvalue weighted by Crippen LogP contribution is 2.24. The molecule has 0 bridgehead atoms. The van der Waals surface area contributed by atoms with Gasteiger partial charge in [0.2, 0.25) is 5.78 Å². The molecular weight excluding hydrogens is 245 g/mol. The van der Waals surface area contributed by atoms with Crippen molar-refractivity contribution >= 4 is 11.7 Å². The number of carbonyl (C=O) groups excluding carboxylic acids is 2. The van der Waals surface area contributed by atoms with Gasteiger partial charge in [-0.1, -0.05) is 24.3 Å². The standard InChI is InChI=1S/C15H12FNO2/c1-9-8-11(14(18)15(17)19)4-7-13(9)10-2-5-12(16)6-3-10/h2-8H,1H3,(H2,17,19). The number of halogens is 1. The molecule has 2 aromatic carbocycles. The van der Waals surface area contributed by atoms with Crippen LogP contribution in [-0.2, 0) is 4.79 Å². The Balaban J connectivity index is 2.42. The van der Waals surface area contributed by atoms with Gasteiger partial charge in [0.05, 0.1) is 0 Å². The number of aryl methyl sites for hydroxylation is 1. The van der Waals surface area contributed by atoms with Crippen LogP contribution in [0.3, 0.4) is 0 Å². The molecule has 0 saturated carbocycles. The van der Waals surface area contributed by atoms with Crippen molar-refractivity contribution in [3.05, 3.63) is 59.4 Å². The van der Waals surface area contributed by atoms with Crippen LogP contribution in [0.1, 0.15) is 15.9 Å². The minimum atomic E-state index is -0.978. The summed E-state index contributed by atoms with van der Waals surface area (Å²) in [5.74, 6) is -2.00. The SMILES string of the molecule is Cc1cc(C(=O)C(N)=O)ccc1-c1ccc(F)cc1. The van der Waals surface area contributed by atoms with Gasteiger partial charge < -0.3 is 5.73 Å². The topological polar surface area (TPSA) is 60.2 Å². The average Bonchev–Trinajstić information content (AvgIpc) is 2.39. The summed E-state index contributed by atoms with van der Waals surface area (Å²) >= 11 is 0. The van der Waals surface area contributed by atoms with Crippen molar-refractivity contribution in [2.24, 2.45) is 5.73 Å². The molecule has 0 heterocycles. The molecule has 0 aliphatic carbocycles. The van der Waals surface area contributed by atoms with Crippen LogP contribution >= 0.6 is 0 Å². The molecule has 0 radical (unpaired) electrons. The first-order chi connectivity index (χ1) is 8.99. The van der Waals surface area contributed by atoms with Gasteiger partial charge in [-0.15, -0.1) is 0 Å². The van der Waals surface area contributed by atoms with E-state index in [0.29, 0.717) is 0 Å². The fourth-order valence-electron chi connectivity index (χ4n) is 1.90. The van der Waals surface area contributed by atoms with E-state index in [9.17, 15) is 14.0 Å². The van der Waals surface area contributed by atoms with E-state index in [1.807, 2.05) is 6.92 Å². The third kappa shape index (κ3) is 2.68. The lowest BCUT2D eigenvalue weighted by atomic mass is 9.97. The van der Waals surface area contributed by atoms with Crippen LogP contribution in [0.2, 0.25) is 0 Å². The number of hydrogen-bond donors (Lipinski definition) is 1. The van der Waals surface area contributed by atoms with Crippen molar-refractivity contribution in [3.8, 4) is 11.1 Å². The van der Waals surface area contributed by atoms with Crippen LogP contribution < -0.4 is 5.73 Å². The van der Waals surface area contributed by atoms with Gasteiger partial charge in [-0.25, -0.2) is 4.39 Å². The summed E-state index contributed by atoms with van der Waals surface area (Å²) in [5, 5.41) is 0. The first-order valence-electron chi connectivity index (χ1n) is 5.70. The van der Waals surface area contributed by atoms with Gasteiger partial charge >= 0.3 is 0 Å². The Kier molecular flexibility index (Phi) is 3.42. The molecule has 2 rings (SSSR count). The summed E-state index contributed by atoms with van der Waals surface area (Å²) in [7, 11) is 0. The van der Waals surface area contributed by atoms with Gasteiger partial charge in [-0.05, 0) is 41.8 Å². The Morgan fingerprint density at radius 2 is 1.68 bits per heavy atom. The lowest BCUT2D eigenvalue weighted by Crippen LogP contribution is -2.23. The molecule has 0 atom stereocenters. The molecule has 0 spiro atoms. The number of Topliss-reactive ketones (excluding diaryl/α,β-unsaturated/α-hetero) is 1. The summed E-state index contributed by atoms with van der Waals surface area (Å²) in [6.45, 7) is 1.82. The number of hydrogen-bond acceptors (Lipinski definition) is 2. The van der Waals surface area contributed by atoms with Crippen LogP contribution in [0.25, 0.3) is 11.1 Å². The molecule has 2 N–H and O–H groups in total. The van der Waals surface area contributed by atoms with Crippen LogP contribution in [0.4, 0.5) is 4.39 Å². The zero-order valence-corrected chi connectivity index (χ0v) is 10.3. The van der Waals surface area contributed by atoms with Crippen molar-refractivity contribution in [3.63, 3.8) is 0 Å². The Bertz CT molecular complexity index is 648. The molecule has 0 aliphatic rings. The monoisotopic (exact) mass is 257 g/mol. The quantitative estimate of drug-likeness (QED) is 0.678. The van der Waals surface area contributed by atoms with Crippen LogP contribution in [0.15, 0.2) is 42.5 Å². The third-order valence-corrected chi connectivity index (χ3v) is 2.87. The number of carbonyl (C=O) groups is 2. The predicted octanol–water partition coefficient (Wildman–Crippen LogP) is 2.47. The molecule has 4 heteroatoms. The number of ketones is 1. The summed E-state index contributed by atoms with van der Waals surface area (Å²) < 4.78 is 12.9. The molecule has 0 fully saturated rings. The molecule has 2 aromatic rings. The molecule has 1 amide bonds. The van der Waals surface area contributed by atoms with E-state index in [0.717, 1.165) is 16.7 Å². The molecule has 0 saturated heterocycles. The highest BCUT2D eigenvalue weighted by Gasteiger charge is 2.13. The van der Waals surface area contributed by atoms with Gasteiger partial charge in [0.15, 0.2) is 0 Å². The van der Waals surface area contributed by atoms with E-state index in [4.69, 9.17) is 5.73 Å². The van der Waals surface area contributed by atoms with E-state index < -0.39 is 11.7 Å². The molecule has 19 heavy (non-hydrogen) atoms. The number of benzene rings is 2. The van der Waals surface area contributed by atoms with Crippen LogP contribution in [0.5, 0.6) is 0 Å². The molecular formula is C15H12FNO2. The van der Waals surface area contributed by atoms with Gasteiger partial charge in [0.1, 0.15) is 5.82 Å². The minimum Gasteiger partial charge on any atom is -0.363 e. The second-order valence-corrected chi connectivity index (χ2v) is 4.23. The minimum absolute atomic E-state index is 0.260. The van der Waals surface area contributed by atoms with Crippen LogP contribution in [-0.4, -0.2) is 11.7 Å². The number of rotatable bonds is 3. The zero-order valence-electron chi connectivity index (χ0n) is 10.3. The number of primary amides is 1. The number of nitrogens with two attached hydrogens (primary N) is 1. The van der Waals surface area contributed by atoms with E-state index in [1.54, 1.807) is 30.3 Å². The van der Waals surface area contributed by atoms with Crippen molar-refractivity contribution in [1.29, 1.82) is 0 Å². The Labute approximate surface area is 109 Å². The summed E-state index contributed by atoms with van der Waals surface area (Å²) in [6, 6.07) is 10.9. The number of amides is 1. The highest BCUT2D eigenvalue weighted by molar-refractivity contribution is 6.42. The Morgan fingerprint density at radius 1 is 1.05 bits per heavy atom. The summed E-state index contributed by atoms with van der Waals surface area (Å²) in [4.78, 5) is 22.3. The zero-order chi connectivity index (χ0) is 14.0. The lowest BCUT2D eigenvalue weighted by molar-refractivity contribution is -0.114. The fraction of sp³-hybridized carbons (Fsp3) is 0.0667. The van der Waals surface area contributed by atoms with Crippen LogP contribution in [0, 0.1) is 12.7 Å².